The molecule has 0 saturated carbocycles. The van der Waals surface area contributed by atoms with Crippen LogP contribution in [-0.2, 0) is 5.41 Å². The zero-order valence-electron chi connectivity index (χ0n) is 20.1. The van der Waals surface area contributed by atoms with Crippen molar-refractivity contribution in [2.45, 2.75) is 32.1 Å². The molecule has 1 nitrogen and oxygen atoms in total. The van der Waals surface area contributed by atoms with E-state index in [0.717, 1.165) is 18.5 Å². The van der Waals surface area contributed by atoms with Crippen molar-refractivity contribution in [2.75, 3.05) is 5.32 Å². The van der Waals surface area contributed by atoms with E-state index in [2.05, 4.69) is 116 Å². The minimum atomic E-state index is 0.0753. The summed E-state index contributed by atoms with van der Waals surface area (Å²) in [5.74, 6) is 0. The molecule has 0 bridgehead atoms. The molecule has 2 aliphatic rings. The van der Waals surface area contributed by atoms with Crippen molar-refractivity contribution in [1.29, 1.82) is 0 Å². The Kier molecular flexibility index (Phi) is 4.56. The van der Waals surface area contributed by atoms with Gasteiger partial charge in [-0.25, -0.2) is 0 Å². The second kappa shape index (κ2) is 7.69. The average molecular weight is 470 g/mol. The third kappa shape index (κ3) is 3.20. The van der Waals surface area contributed by atoms with Crippen molar-refractivity contribution in [1.82, 2.24) is 0 Å². The number of nitrogens with one attached hydrogen (secondary N) is 1. The summed E-state index contributed by atoms with van der Waals surface area (Å²) < 4.78 is 2.64. The second-order valence-corrected chi connectivity index (χ2v) is 11.3. The highest BCUT2D eigenvalue weighted by atomic mass is 32.1. The summed E-state index contributed by atoms with van der Waals surface area (Å²) in [5.41, 5.74) is 10.8. The van der Waals surface area contributed by atoms with Gasteiger partial charge in [0, 0.05) is 26.6 Å². The Balaban J connectivity index is 1.38. The maximum Gasteiger partial charge on any atom is 0.0590 e. The molecule has 5 aromatic rings. The number of fused-ring (bicyclic) bond motifs is 5. The number of anilines is 2. The number of thiophene rings is 1. The first-order valence-electron chi connectivity index (χ1n) is 12.4. The summed E-state index contributed by atoms with van der Waals surface area (Å²) >= 11 is 1.87. The Bertz CT molecular complexity index is 1680. The minimum Gasteiger partial charge on any atom is -0.354 e. The lowest BCUT2D eigenvalue weighted by Gasteiger charge is -2.26. The van der Waals surface area contributed by atoms with E-state index in [1.807, 2.05) is 11.3 Å². The van der Waals surface area contributed by atoms with Gasteiger partial charge in [-0.1, -0.05) is 86.2 Å². The third-order valence-corrected chi connectivity index (χ3v) is 8.99. The molecule has 7 rings (SSSR count). The fourth-order valence-electron chi connectivity index (χ4n) is 5.97. The summed E-state index contributed by atoms with van der Waals surface area (Å²) in [7, 11) is 0. The average Bonchev–Trinajstić information content (AvgIpc) is 3.38. The molecule has 2 heteroatoms. The van der Waals surface area contributed by atoms with Crippen LogP contribution in [0.5, 0.6) is 0 Å². The molecule has 0 aliphatic heterocycles. The largest absolute Gasteiger partial charge is 0.354 e. The van der Waals surface area contributed by atoms with Crippen LogP contribution >= 0.6 is 11.3 Å². The molecular weight excluding hydrogens is 442 g/mol. The fourth-order valence-corrected chi connectivity index (χ4v) is 7.13. The zero-order valence-corrected chi connectivity index (χ0v) is 20.9. The van der Waals surface area contributed by atoms with Crippen molar-refractivity contribution in [3.8, 4) is 11.1 Å². The predicted octanol–water partition coefficient (Wildman–Crippen LogP) is 9.86. The van der Waals surface area contributed by atoms with E-state index in [-0.39, 0.29) is 5.41 Å². The van der Waals surface area contributed by atoms with Gasteiger partial charge in [0.25, 0.3) is 0 Å². The van der Waals surface area contributed by atoms with Crippen molar-refractivity contribution in [3.05, 3.63) is 114 Å². The lowest BCUT2D eigenvalue weighted by atomic mass is 9.78. The molecule has 35 heavy (non-hydrogen) atoms. The molecule has 0 fully saturated rings. The zero-order chi connectivity index (χ0) is 23.6. The maximum absolute atomic E-state index is 3.84. The SMILES string of the molecule is CC1(C)C2=C(C=CCC2)c2ccc(Nc3cc(-c4ccccc4)cc4c3sc3ccccc34)cc21. The molecule has 0 saturated heterocycles. The van der Waals surface area contributed by atoms with Crippen molar-refractivity contribution in [3.63, 3.8) is 0 Å². The van der Waals surface area contributed by atoms with E-state index < -0.39 is 0 Å². The van der Waals surface area contributed by atoms with Gasteiger partial charge in [-0.3, -0.25) is 0 Å². The monoisotopic (exact) mass is 469 g/mol. The minimum absolute atomic E-state index is 0.0753. The van der Waals surface area contributed by atoms with E-state index in [4.69, 9.17) is 0 Å². The smallest absolute Gasteiger partial charge is 0.0590 e. The molecule has 0 radical (unpaired) electrons. The number of allylic oxidation sites excluding steroid dienone is 4. The summed E-state index contributed by atoms with van der Waals surface area (Å²) in [4.78, 5) is 0. The second-order valence-electron chi connectivity index (χ2n) is 10.2. The first-order valence-corrected chi connectivity index (χ1v) is 13.2. The number of hydrogen-bond donors (Lipinski definition) is 1. The Morgan fingerprint density at radius 2 is 1.63 bits per heavy atom. The lowest BCUT2D eigenvalue weighted by Crippen LogP contribution is -2.17. The van der Waals surface area contributed by atoms with Gasteiger partial charge in [-0.2, -0.15) is 0 Å². The van der Waals surface area contributed by atoms with E-state index in [0.29, 0.717) is 0 Å². The number of benzene rings is 4. The summed E-state index contributed by atoms with van der Waals surface area (Å²) in [6.45, 7) is 4.77. The quantitative estimate of drug-likeness (QED) is 0.277. The van der Waals surface area contributed by atoms with Crippen LogP contribution in [0.4, 0.5) is 11.4 Å². The fraction of sp³-hybridized carbons (Fsp3) is 0.152. The molecule has 4 aromatic carbocycles. The van der Waals surface area contributed by atoms with Gasteiger partial charge in [0.05, 0.1) is 10.4 Å². The highest BCUT2D eigenvalue weighted by Crippen LogP contribution is 2.51. The summed E-state index contributed by atoms with van der Waals surface area (Å²) in [6.07, 6.45) is 6.97. The number of rotatable bonds is 3. The molecule has 0 spiro atoms. The van der Waals surface area contributed by atoms with Gasteiger partial charge >= 0.3 is 0 Å². The van der Waals surface area contributed by atoms with Crippen molar-refractivity contribution >= 4 is 48.5 Å². The topological polar surface area (TPSA) is 12.0 Å². The van der Waals surface area contributed by atoms with Gasteiger partial charge in [0.15, 0.2) is 0 Å². The molecule has 1 heterocycles. The first kappa shape index (κ1) is 20.7. The molecule has 0 amide bonds. The van der Waals surface area contributed by atoms with Gasteiger partial charge in [-0.05, 0) is 71.0 Å². The molecule has 1 N–H and O–H groups in total. The van der Waals surface area contributed by atoms with Gasteiger partial charge < -0.3 is 5.32 Å². The summed E-state index contributed by atoms with van der Waals surface area (Å²) in [6, 6.07) is 31.1. The molecule has 170 valence electrons. The van der Waals surface area contributed by atoms with Crippen LogP contribution in [-0.4, -0.2) is 0 Å². The highest BCUT2D eigenvalue weighted by Gasteiger charge is 2.37. The van der Waals surface area contributed by atoms with E-state index >= 15 is 0 Å². The van der Waals surface area contributed by atoms with E-state index in [1.54, 1.807) is 5.57 Å². The van der Waals surface area contributed by atoms with Crippen LogP contribution in [0.15, 0.2) is 103 Å². The third-order valence-electron chi connectivity index (χ3n) is 7.77. The van der Waals surface area contributed by atoms with Crippen LogP contribution < -0.4 is 5.32 Å². The molecule has 0 atom stereocenters. The molecular formula is C33H27NS. The van der Waals surface area contributed by atoms with Crippen molar-refractivity contribution in [2.24, 2.45) is 0 Å². The predicted molar refractivity (Wildman–Crippen MR) is 153 cm³/mol. The normalized spacial score (nSPS) is 16.1. The van der Waals surface area contributed by atoms with Gasteiger partial charge in [0.2, 0.25) is 0 Å². The molecule has 2 aliphatic carbocycles. The van der Waals surface area contributed by atoms with Crippen LogP contribution in [0.1, 0.15) is 37.8 Å². The van der Waals surface area contributed by atoms with Gasteiger partial charge in [-0.15, -0.1) is 11.3 Å². The first-order chi connectivity index (χ1) is 17.1. The maximum atomic E-state index is 3.84. The molecule has 0 unspecified atom stereocenters. The Morgan fingerprint density at radius 3 is 2.51 bits per heavy atom. The van der Waals surface area contributed by atoms with Gasteiger partial charge in [0.1, 0.15) is 0 Å². The molecule has 1 aromatic heterocycles. The Morgan fingerprint density at radius 1 is 0.800 bits per heavy atom. The Hall–Kier alpha value is -3.62. The van der Waals surface area contributed by atoms with Crippen LogP contribution in [0.25, 0.3) is 36.9 Å². The van der Waals surface area contributed by atoms with Crippen LogP contribution in [0.3, 0.4) is 0 Å². The van der Waals surface area contributed by atoms with E-state index in [9.17, 15) is 0 Å². The Labute approximate surface area is 210 Å². The summed E-state index contributed by atoms with van der Waals surface area (Å²) in [5, 5.41) is 6.48. The van der Waals surface area contributed by atoms with E-state index in [1.165, 1.54) is 53.7 Å². The van der Waals surface area contributed by atoms with Crippen LogP contribution in [0, 0.1) is 0 Å². The number of hydrogen-bond acceptors (Lipinski definition) is 2. The lowest BCUT2D eigenvalue weighted by molar-refractivity contribution is 0.607. The highest BCUT2D eigenvalue weighted by molar-refractivity contribution is 7.26. The van der Waals surface area contributed by atoms with Crippen LogP contribution in [0.2, 0.25) is 0 Å². The van der Waals surface area contributed by atoms with Crippen molar-refractivity contribution < 1.29 is 0 Å². The standard InChI is InChI=1S/C33H27NS/c1-33(2)28-14-8-6-12-24(28)25-17-16-23(20-29(25)33)34-30-19-22(21-10-4-3-5-11-21)18-27-26-13-7-9-15-31(26)35-32(27)30/h3-7,9-13,15-20,34H,8,14H2,1-2H3.